The average molecular weight is 250 g/mol. The SMILES string of the molecule is NCCc1ccc(F)c(-c2cccc(Cl)c2)c1. The Balaban J connectivity index is 2.46. The van der Waals surface area contributed by atoms with Gasteiger partial charge in [0.05, 0.1) is 0 Å². The molecule has 0 bridgehead atoms. The Morgan fingerprint density at radius 3 is 2.65 bits per heavy atom. The van der Waals surface area contributed by atoms with Crippen LogP contribution < -0.4 is 5.73 Å². The Kier molecular flexibility index (Phi) is 3.77. The third-order valence-corrected chi connectivity index (χ3v) is 2.83. The molecule has 2 aromatic rings. The van der Waals surface area contributed by atoms with Gasteiger partial charge in [0.25, 0.3) is 0 Å². The summed E-state index contributed by atoms with van der Waals surface area (Å²) in [6, 6.07) is 12.2. The van der Waals surface area contributed by atoms with E-state index in [2.05, 4.69) is 0 Å². The van der Waals surface area contributed by atoms with Crippen LogP contribution in [-0.4, -0.2) is 6.54 Å². The molecule has 0 heterocycles. The van der Waals surface area contributed by atoms with Crippen molar-refractivity contribution >= 4 is 11.6 Å². The van der Waals surface area contributed by atoms with Gasteiger partial charge in [0, 0.05) is 10.6 Å². The van der Waals surface area contributed by atoms with Crippen molar-refractivity contribution in [1.29, 1.82) is 0 Å². The van der Waals surface area contributed by atoms with Gasteiger partial charge in [-0.3, -0.25) is 0 Å². The lowest BCUT2D eigenvalue weighted by Gasteiger charge is -2.07. The van der Waals surface area contributed by atoms with E-state index in [0.29, 0.717) is 17.1 Å². The van der Waals surface area contributed by atoms with E-state index >= 15 is 0 Å². The Morgan fingerprint density at radius 1 is 1.12 bits per heavy atom. The minimum Gasteiger partial charge on any atom is -0.330 e. The van der Waals surface area contributed by atoms with Crippen molar-refractivity contribution in [3.8, 4) is 11.1 Å². The first kappa shape index (κ1) is 12.1. The van der Waals surface area contributed by atoms with Crippen LogP contribution in [0.2, 0.25) is 5.02 Å². The van der Waals surface area contributed by atoms with Crippen LogP contribution in [-0.2, 0) is 6.42 Å². The van der Waals surface area contributed by atoms with E-state index in [0.717, 1.165) is 17.5 Å². The molecule has 0 aliphatic carbocycles. The van der Waals surface area contributed by atoms with E-state index in [1.54, 1.807) is 18.2 Å². The van der Waals surface area contributed by atoms with Gasteiger partial charge in [-0.05, 0) is 48.4 Å². The van der Waals surface area contributed by atoms with E-state index in [-0.39, 0.29) is 5.82 Å². The molecule has 1 nitrogen and oxygen atoms in total. The third kappa shape index (κ3) is 2.84. The van der Waals surface area contributed by atoms with Crippen LogP contribution in [0.25, 0.3) is 11.1 Å². The minimum absolute atomic E-state index is 0.243. The summed E-state index contributed by atoms with van der Waals surface area (Å²) < 4.78 is 13.8. The summed E-state index contributed by atoms with van der Waals surface area (Å²) in [5, 5.41) is 0.603. The summed E-state index contributed by atoms with van der Waals surface area (Å²) in [5.41, 5.74) is 7.88. The molecule has 17 heavy (non-hydrogen) atoms. The Labute approximate surface area is 105 Å². The first-order chi connectivity index (χ1) is 8.20. The zero-order valence-corrected chi connectivity index (χ0v) is 10.0. The molecule has 0 aliphatic heterocycles. The van der Waals surface area contributed by atoms with E-state index in [4.69, 9.17) is 17.3 Å². The maximum absolute atomic E-state index is 13.8. The van der Waals surface area contributed by atoms with Crippen molar-refractivity contribution in [3.63, 3.8) is 0 Å². The third-order valence-electron chi connectivity index (χ3n) is 2.60. The fourth-order valence-electron chi connectivity index (χ4n) is 1.77. The molecule has 0 aromatic heterocycles. The van der Waals surface area contributed by atoms with Crippen LogP contribution in [0.3, 0.4) is 0 Å². The molecule has 88 valence electrons. The highest BCUT2D eigenvalue weighted by atomic mass is 35.5. The van der Waals surface area contributed by atoms with E-state index in [9.17, 15) is 4.39 Å². The Bertz CT molecular complexity index is 525. The monoisotopic (exact) mass is 249 g/mol. The van der Waals surface area contributed by atoms with Crippen LogP contribution in [0.15, 0.2) is 42.5 Å². The molecule has 0 amide bonds. The number of rotatable bonds is 3. The summed E-state index contributed by atoms with van der Waals surface area (Å²) in [4.78, 5) is 0. The van der Waals surface area contributed by atoms with Gasteiger partial charge in [0.15, 0.2) is 0 Å². The van der Waals surface area contributed by atoms with Gasteiger partial charge in [-0.2, -0.15) is 0 Å². The van der Waals surface area contributed by atoms with Gasteiger partial charge in [-0.25, -0.2) is 4.39 Å². The lowest BCUT2D eigenvalue weighted by atomic mass is 10.0. The quantitative estimate of drug-likeness (QED) is 0.883. The van der Waals surface area contributed by atoms with Gasteiger partial charge >= 0.3 is 0 Å². The lowest BCUT2D eigenvalue weighted by Crippen LogP contribution is -2.03. The number of nitrogens with two attached hydrogens (primary N) is 1. The Hall–Kier alpha value is -1.38. The number of halogens is 2. The van der Waals surface area contributed by atoms with Crippen LogP contribution in [0, 0.1) is 5.82 Å². The molecule has 0 spiro atoms. The van der Waals surface area contributed by atoms with Crippen LogP contribution in [0.4, 0.5) is 4.39 Å². The number of hydrogen-bond acceptors (Lipinski definition) is 1. The van der Waals surface area contributed by atoms with Crippen LogP contribution in [0.5, 0.6) is 0 Å². The smallest absolute Gasteiger partial charge is 0.131 e. The molecular weight excluding hydrogens is 237 g/mol. The van der Waals surface area contributed by atoms with Crippen LogP contribution >= 0.6 is 11.6 Å². The molecule has 2 rings (SSSR count). The van der Waals surface area contributed by atoms with Gasteiger partial charge < -0.3 is 5.73 Å². The molecule has 3 heteroatoms. The summed E-state index contributed by atoms with van der Waals surface area (Å²) in [7, 11) is 0. The van der Waals surface area contributed by atoms with Gasteiger partial charge in [0.2, 0.25) is 0 Å². The summed E-state index contributed by atoms with van der Waals surface area (Å²) >= 11 is 5.91. The first-order valence-electron chi connectivity index (χ1n) is 5.45. The second kappa shape index (κ2) is 5.30. The highest BCUT2D eigenvalue weighted by Crippen LogP contribution is 2.26. The van der Waals surface area contributed by atoms with Crippen molar-refractivity contribution in [2.24, 2.45) is 5.73 Å². The second-order valence-corrected chi connectivity index (χ2v) is 4.30. The molecule has 0 atom stereocenters. The van der Waals surface area contributed by atoms with Gasteiger partial charge in [-0.1, -0.05) is 29.8 Å². The number of hydrogen-bond donors (Lipinski definition) is 1. The number of benzene rings is 2. The van der Waals surface area contributed by atoms with Gasteiger partial charge in [-0.15, -0.1) is 0 Å². The molecule has 2 N–H and O–H groups in total. The molecule has 0 aliphatic rings. The predicted octanol–water partition coefficient (Wildman–Crippen LogP) is 3.65. The van der Waals surface area contributed by atoms with Crippen molar-refractivity contribution < 1.29 is 4.39 Å². The maximum atomic E-state index is 13.8. The fourth-order valence-corrected chi connectivity index (χ4v) is 1.96. The lowest BCUT2D eigenvalue weighted by molar-refractivity contribution is 0.630. The molecule has 2 aromatic carbocycles. The molecule has 0 saturated heterocycles. The zero-order valence-electron chi connectivity index (χ0n) is 9.29. The first-order valence-corrected chi connectivity index (χ1v) is 5.83. The average Bonchev–Trinajstić information content (AvgIpc) is 2.32. The summed E-state index contributed by atoms with van der Waals surface area (Å²) in [5.74, 6) is -0.243. The fraction of sp³-hybridized carbons (Fsp3) is 0.143. The topological polar surface area (TPSA) is 26.0 Å². The zero-order chi connectivity index (χ0) is 12.3. The minimum atomic E-state index is -0.243. The van der Waals surface area contributed by atoms with Crippen molar-refractivity contribution in [1.82, 2.24) is 0 Å². The van der Waals surface area contributed by atoms with Gasteiger partial charge in [0.1, 0.15) is 5.82 Å². The highest BCUT2D eigenvalue weighted by Gasteiger charge is 2.06. The molecular formula is C14H13ClFN. The summed E-state index contributed by atoms with van der Waals surface area (Å²) in [6.07, 6.45) is 0.744. The van der Waals surface area contributed by atoms with E-state index in [1.165, 1.54) is 6.07 Å². The predicted molar refractivity (Wildman–Crippen MR) is 69.6 cm³/mol. The van der Waals surface area contributed by atoms with Crippen molar-refractivity contribution in [3.05, 3.63) is 58.9 Å². The second-order valence-electron chi connectivity index (χ2n) is 3.86. The van der Waals surface area contributed by atoms with E-state index in [1.807, 2.05) is 18.2 Å². The highest BCUT2D eigenvalue weighted by molar-refractivity contribution is 6.30. The summed E-state index contributed by atoms with van der Waals surface area (Å²) in [6.45, 7) is 0.556. The maximum Gasteiger partial charge on any atom is 0.131 e. The molecule has 0 fully saturated rings. The van der Waals surface area contributed by atoms with E-state index < -0.39 is 0 Å². The molecule has 0 unspecified atom stereocenters. The van der Waals surface area contributed by atoms with Crippen LogP contribution in [0.1, 0.15) is 5.56 Å². The largest absolute Gasteiger partial charge is 0.330 e. The molecule has 0 saturated carbocycles. The van der Waals surface area contributed by atoms with Crippen molar-refractivity contribution in [2.45, 2.75) is 6.42 Å². The normalized spacial score (nSPS) is 10.5. The molecule has 0 radical (unpaired) electrons. The van der Waals surface area contributed by atoms with Crippen molar-refractivity contribution in [2.75, 3.05) is 6.54 Å². The standard InChI is InChI=1S/C14H13ClFN/c15-12-3-1-2-11(9-12)13-8-10(6-7-17)4-5-14(13)16/h1-5,8-9H,6-7,17H2. The Morgan fingerprint density at radius 2 is 1.94 bits per heavy atom.